The number of ether oxygens (including phenoxy) is 1. The standard InChI is InChI=1S/C16H28N2O/c1-6-18(11-13(2)3)12-16(17-4)14-8-7-9-15(10-14)19-5/h7-10,13,16-17H,6,11-12H2,1-5H3. The summed E-state index contributed by atoms with van der Waals surface area (Å²) in [6, 6.07) is 8.66. The smallest absolute Gasteiger partial charge is 0.119 e. The molecule has 1 atom stereocenters. The molecule has 0 aliphatic heterocycles. The van der Waals surface area contributed by atoms with Gasteiger partial charge in [0.2, 0.25) is 0 Å². The first-order valence-corrected chi connectivity index (χ1v) is 7.14. The molecule has 0 aromatic heterocycles. The summed E-state index contributed by atoms with van der Waals surface area (Å²) in [6.45, 7) is 10.0. The van der Waals surface area contributed by atoms with Crippen LogP contribution in [-0.2, 0) is 0 Å². The highest BCUT2D eigenvalue weighted by Gasteiger charge is 2.14. The molecule has 0 aliphatic rings. The lowest BCUT2D eigenvalue weighted by Crippen LogP contribution is -2.36. The van der Waals surface area contributed by atoms with Crippen molar-refractivity contribution in [1.29, 1.82) is 0 Å². The van der Waals surface area contributed by atoms with Gasteiger partial charge in [0.1, 0.15) is 5.75 Å². The summed E-state index contributed by atoms with van der Waals surface area (Å²) in [5, 5.41) is 3.41. The molecule has 19 heavy (non-hydrogen) atoms. The second-order valence-electron chi connectivity index (χ2n) is 5.36. The highest BCUT2D eigenvalue weighted by Crippen LogP contribution is 2.20. The van der Waals surface area contributed by atoms with Crippen molar-refractivity contribution in [2.75, 3.05) is 33.8 Å². The Bertz CT molecular complexity index is 366. The van der Waals surface area contributed by atoms with Crippen LogP contribution in [0.25, 0.3) is 0 Å². The number of nitrogens with one attached hydrogen (secondary N) is 1. The highest BCUT2D eigenvalue weighted by molar-refractivity contribution is 5.30. The Hall–Kier alpha value is -1.06. The zero-order valence-electron chi connectivity index (χ0n) is 12.9. The minimum Gasteiger partial charge on any atom is -0.497 e. The van der Waals surface area contributed by atoms with Crippen LogP contribution in [0.4, 0.5) is 0 Å². The number of likely N-dealkylation sites (N-methyl/N-ethyl adjacent to an activating group) is 2. The molecule has 0 amide bonds. The van der Waals surface area contributed by atoms with Crippen molar-refractivity contribution in [2.45, 2.75) is 26.8 Å². The molecule has 1 aromatic rings. The van der Waals surface area contributed by atoms with Crippen LogP contribution in [0, 0.1) is 5.92 Å². The Morgan fingerprint density at radius 2 is 2.00 bits per heavy atom. The van der Waals surface area contributed by atoms with E-state index < -0.39 is 0 Å². The van der Waals surface area contributed by atoms with E-state index in [2.05, 4.69) is 49.2 Å². The number of hydrogen-bond acceptors (Lipinski definition) is 3. The molecule has 3 heteroatoms. The van der Waals surface area contributed by atoms with Gasteiger partial charge in [-0.2, -0.15) is 0 Å². The highest BCUT2D eigenvalue weighted by atomic mass is 16.5. The fourth-order valence-corrected chi connectivity index (χ4v) is 2.33. The number of rotatable bonds is 8. The topological polar surface area (TPSA) is 24.5 Å². The van der Waals surface area contributed by atoms with Crippen molar-refractivity contribution in [3.05, 3.63) is 29.8 Å². The lowest BCUT2D eigenvalue weighted by molar-refractivity contribution is 0.232. The van der Waals surface area contributed by atoms with Gasteiger partial charge in [-0.05, 0) is 37.2 Å². The Labute approximate surface area is 118 Å². The van der Waals surface area contributed by atoms with Crippen LogP contribution in [0.3, 0.4) is 0 Å². The molecule has 0 bridgehead atoms. The monoisotopic (exact) mass is 264 g/mol. The van der Waals surface area contributed by atoms with Crippen LogP contribution < -0.4 is 10.1 Å². The van der Waals surface area contributed by atoms with Gasteiger partial charge in [0.25, 0.3) is 0 Å². The zero-order chi connectivity index (χ0) is 14.3. The maximum absolute atomic E-state index is 5.30. The van der Waals surface area contributed by atoms with Crippen LogP contribution in [0.1, 0.15) is 32.4 Å². The molecule has 1 unspecified atom stereocenters. The average Bonchev–Trinajstić information content (AvgIpc) is 2.42. The van der Waals surface area contributed by atoms with Crippen molar-refractivity contribution < 1.29 is 4.74 Å². The van der Waals surface area contributed by atoms with E-state index in [1.807, 2.05) is 13.1 Å². The van der Waals surface area contributed by atoms with Gasteiger partial charge < -0.3 is 15.0 Å². The summed E-state index contributed by atoms with van der Waals surface area (Å²) in [4.78, 5) is 2.49. The lowest BCUT2D eigenvalue weighted by atomic mass is 10.1. The molecule has 1 aromatic carbocycles. The van der Waals surface area contributed by atoms with E-state index in [0.29, 0.717) is 12.0 Å². The SMILES string of the molecule is CCN(CC(C)C)CC(NC)c1cccc(OC)c1. The van der Waals surface area contributed by atoms with Crippen LogP contribution in [0.2, 0.25) is 0 Å². The second kappa shape index (κ2) is 8.18. The molecule has 1 N–H and O–H groups in total. The molecule has 1 rings (SSSR count). The van der Waals surface area contributed by atoms with Gasteiger partial charge in [0.15, 0.2) is 0 Å². The van der Waals surface area contributed by atoms with Gasteiger partial charge in [-0.3, -0.25) is 0 Å². The quantitative estimate of drug-likeness (QED) is 0.781. The number of hydrogen-bond donors (Lipinski definition) is 1. The third kappa shape index (κ3) is 5.21. The van der Waals surface area contributed by atoms with Crippen LogP contribution in [-0.4, -0.2) is 38.7 Å². The maximum Gasteiger partial charge on any atom is 0.119 e. The average molecular weight is 264 g/mol. The van der Waals surface area contributed by atoms with Crippen LogP contribution >= 0.6 is 0 Å². The van der Waals surface area contributed by atoms with E-state index in [1.54, 1.807) is 7.11 Å². The maximum atomic E-state index is 5.30. The zero-order valence-corrected chi connectivity index (χ0v) is 12.9. The van der Waals surface area contributed by atoms with E-state index in [0.717, 1.165) is 25.4 Å². The largest absolute Gasteiger partial charge is 0.497 e. The normalized spacial score (nSPS) is 13.0. The third-order valence-electron chi connectivity index (χ3n) is 3.36. The Balaban J connectivity index is 2.75. The fraction of sp³-hybridized carbons (Fsp3) is 0.625. The summed E-state index contributed by atoms with van der Waals surface area (Å²) >= 11 is 0. The molecular formula is C16H28N2O. The molecule has 0 heterocycles. The second-order valence-corrected chi connectivity index (χ2v) is 5.36. The molecule has 108 valence electrons. The van der Waals surface area contributed by atoms with E-state index in [4.69, 9.17) is 4.74 Å². The molecule has 3 nitrogen and oxygen atoms in total. The molecule has 0 fully saturated rings. The van der Waals surface area contributed by atoms with Gasteiger partial charge >= 0.3 is 0 Å². The van der Waals surface area contributed by atoms with Gasteiger partial charge in [-0.25, -0.2) is 0 Å². The summed E-state index contributed by atoms with van der Waals surface area (Å²) in [5.41, 5.74) is 1.28. The van der Waals surface area contributed by atoms with Crippen molar-refractivity contribution in [2.24, 2.45) is 5.92 Å². The first-order valence-electron chi connectivity index (χ1n) is 7.14. The van der Waals surface area contributed by atoms with E-state index >= 15 is 0 Å². The van der Waals surface area contributed by atoms with E-state index in [9.17, 15) is 0 Å². The molecule has 0 saturated carbocycles. The van der Waals surface area contributed by atoms with Gasteiger partial charge in [0, 0.05) is 19.1 Å². The Morgan fingerprint density at radius 3 is 2.53 bits per heavy atom. The predicted molar refractivity (Wildman–Crippen MR) is 81.7 cm³/mol. The minimum atomic E-state index is 0.341. The first kappa shape index (κ1) is 16.0. The lowest BCUT2D eigenvalue weighted by Gasteiger charge is -2.28. The van der Waals surface area contributed by atoms with Crippen molar-refractivity contribution in [3.63, 3.8) is 0 Å². The molecule has 0 radical (unpaired) electrons. The molecular weight excluding hydrogens is 236 g/mol. The molecule has 0 spiro atoms. The number of nitrogens with zero attached hydrogens (tertiary/aromatic N) is 1. The van der Waals surface area contributed by atoms with Crippen LogP contribution in [0.15, 0.2) is 24.3 Å². The van der Waals surface area contributed by atoms with Crippen molar-refractivity contribution in [1.82, 2.24) is 10.2 Å². The van der Waals surface area contributed by atoms with E-state index in [1.165, 1.54) is 5.56 Å². The van der Waals surface area contributed by atoms with Gasteiger partial charge in [-0.1, -0.05) is 32.9 Å². The van der Waals surface area contributed by atoms with Crippen molar-refractivity contribution >= 4 is 0 Å². The first-order chi connectivity index (χ1) is 9.10. The van der Waals surface area contributed by atoms with Gasteiger partial charge in [0.05, 0.1) is 7.11 Å². The number of methoxy groups -OCH3 is 1. The fourth-order valence-electron chi connectivity index (χ4n) is 2.33. The minimum absolute atomic E-state index is 0.341. The van der Waals surface area contributed by atoms with Gasteiger partial charge in [-0.15, -0.1) is 0 Å². The summed E-state index contributed by atoms with van der Waals surface area (Å²) < 4.78 is 5.30. The molecule has 0 aliphatic carbocycles. The summed E-state index contributed by atoms with van der Waals surface area (Å²) in [6.07, 6.45) is 0. The molecule has 0 saturated heterocycles. The summed E-state index contributed by atoms with van der Waals surface area (Å²) in [7, 11) is 3.73. The van der Waals surface area contributed by atoms with Crippen molar-refractivity contribution in [3.8, 4) is 5.75 Å². The Morgan fingerprint density at radius 1 is 1.26 bits per heavy atom. The third-order valence-corrected chi connectivity index (χ3v) is 3.36. The predicted octanol–water partition coefficient (Wildman–Crippen LogP) is 2.93. The van der Waals surface area contributed by atoms with E-state index in [-0.39, 0.29) is 0 Å². The summed E-state index contributed by atoms with van der Waals surface area (Å²) in [5.74, 6) is 1.62. The Kier molecular flexibility index (Phi) is 6.89. The number of benzene rings is 1. The van der Waals surface area contributed by atoms with Crippen LogP contribution in [0.5, 0.6) is 5.75 Å².